The Hall–Kier alpha value is -1.00. The fourth-order valence-corrected chi connectivity index (χ4v) is 2.76. The van der Waals surface area contributed by atoms with Crippen LogP contribution in [0.15, 0.2) is 18.2 Å². The first-order valence-corrected chi connectivity index (χ1v) is 7.57. The van der Waals surface area contributed by atoms with Crippen LogP contribution in [0.4, 0.5) is 8.78 Å². The minimum absolute atomic E-state index is 0.291. The lowest BCUT2D eigenvalue weighted by atomic mass is 10.0. The van der Waals surface area contributed by atoms with Crippen molar-refractivity contribution in [1.29, 1.82) is 0 Å². The van der Waals surface area contributed by atoms with Gasteiger partial charge in [0, 0.05) is 31.2 Å². The van der Waals surface area contributed by atoms with Gasteiger partial charge in [0.15, 0.2) is 0 Å². The van der Waals surface area contributed by atoms with Crippen LogP contribution < -0.4 is 5.73 Å². The fourth-order valence-electron chi connectivity index (χ4n) is 2.76. The predicted octanol–water partition coefficient (Wildman–Crippen LogP) is 3.23. The maximum atomic E-state index is 13.2. The first kappa shape index (κ1) is 14.0. The molecule has 2 nitrogen and oxygen atoms in total. The smallest absolute Gasteiger partial charge is 0.126 e. The molecule has 0 saturated heterocycles. The third kappa shape index (κ3) is 3.76. The topological polar surface area (TPSA) is 29.3 Å². The Balaban J connectivity index is 1.55. The van der Waals surface area contributed by atoms with Crippen LogP contribution in [0, 0.1) is 17.6 Å². The van der Waals surface area contributed by atoms with E-state index in [-0.39, 0.29) is 6.04 Å². The molecule has 0 bridgehead atoms. The molecule has 1 aromatic carbocycles. The van der Waals surface area contributed by atoms with E-state index in [4.69, 9.17) is 5.73 Å². The van der Waals surface area contributed by atoms with E-state index in [1.54, 1.807) is 0 Å². The standard InChI is InChI=1S/C16H22F2N2/c17-13-7-12(8-14(18)9-13)16(19)5-6-20(15-3-4-15)10-11-1-2-11/h7-9,11,15-16H,1-6,10,19H2. The van der Waals surface area contributed by atoms with Crippen LogP contribution in [-0.2, 0) is 0 Å². The number of hydrogen-bond donors (Lipinski definition) is 1. The van der Waals surface area contributed by atoms with Crippen molar-refractivity contribution in [2.24, 2.45) is 11.7 Å². The van der Waals surface area contributed by atoms with Crippen molar-refractivity contribution < 1.29 is 8.78 Å². The van der Waals surface area contributed by atoms with Crippen LogP contribution in [0.5, 0.6) is 0 Å². The number of hydrogen-bond acceptors (Lipinski definition) is 2. The fraction of sp³-hybridized carbons (Fsp3) is 0.625. The minimum Gasteiger partial charge on any atom is -0.324 e. The summed E-state index contributed by atoms with van der Waals surface area (Å²) in [5.41, 5.74) is 6.65. The number of benzene rings is 1. The highest BCUT2D eigenvalue weighted by atomic mass is 19.1. The molecule has 110 valence electrons. The zero-order valence-electron chi connectivity index (χ0n) is 11.7. The van der Waals surface area contributed by atoms with Gasteiger partial charge in [-0.2, -0.15) is 0 Å². The molecule has 0 spiro atoms. The van der Waals surface area contributed by atoms with Crippen LogP contribution in [0.3, 0.4) is 0 Å². The normalized spacial score (nSPS) is 20.4. The predicted molar refractivity (Wildman–Crippen MR) is 75.2 cm³/mol. The van der Waals surface area contributed by atoms with Gasteiger partial charge in [-0.05, 0) is 55.7 Å². The average Bonchev–Trinajstić information content (AvgIpc) is 3.25. The van der Waals surface area contributed by atoms with Gasteiger partial charge in [-0.1, -0.05) is 0 Å². The lowest BCUT2D eigenvalue weighted by Crippen LogP contribution is -2.31. The maximum Gasteiger partial charge on any atom is 0.126 e. The number of nitrogens with zero attached hydrogens (tertiary/aromatic N) is 1. The van der Waals surface area contributed by atoms with E-state index in [1.165, 1.54) is 44.4 Å². The molecule has 1 unspecified atom stereocenters. The van der Waals surface area contributed by atoms with Crippen LogP contribution in [0.25, 0.3) is 0 Å². The van der Waals surface area contributed by atoms with Gasteiger partial charge in [-0.15, -0.1) is 0 Å². The molecule has 3 rings (SSSR count). The van der Waals surface area contributed by atoms with Crippen molar-refractivity contribution in [2.75, 3.05) is 13.1 Å². The Morgan fingerprint density at radius 1 is 1.10 bits per heavy atom. The van der Waals surface area contributed by atoms with Crippen molar-refractivity contribution in [1.82, 2.24) is 4.90 Å². The summed E-state index contributed by atoms with van der Waals surface area (Å²) in [6.07, 6.45) is 6.04. The molecular formula is C16H22F2N2. The Labute approximate surface area is 118 Å². The summed E-state index contributed by atoms with van der Waals surface area (Å²) in [4.78, 5) is 2.52. The third-order valence-electron chi connectivity index (χ3n) is 4.29. The van der Waals surface area contributed by atoms with Gasteiger partial charge in [-0.25, -0.2) is 8.78 Å². The van der Waals surface area contributed by atoms with Crippen LogP contribution in [0.1, 0.15) is 43.7 Å². The molecule has 0 aliphatic heterocycles. The molecule has 2 aliphatic rings. The van der Waals surface area contributed by atoms with E-state index >= 15 is 0 Å². The second-order valence-electron chi connectivity index (χ2n) is 6.27. The Morgan fingerprint density at radius 3 is 2.30 bits per heavy atom. The second-order valence-corrected chi connectivity index (χ2v) is 6.27. The quantitative estimate of drug-likeness (QED) is 0.831. The van der Waals surface area contributed by atoms with Crippen molar-refractivity contribution in [3.05, 3.63) is 35.4 Å². The molecule has 2 N–H and O–H groups in total. The minimum atomic E-state index is -0.549. The highest BCUT2D eigenvalue weighted by Gasteiger charge is 2.33. The summed E-state index contributed by atoms with van der Waals surface area (Å²) in [7, 11) is 0. The van der Waals surface area contributed by atoms with Crippen LogP contribution in [-0.4, -0.2) is 24.0 Å². The van der Waals surface area contributed by atoms with Gasteiger partial charge in [0.05, 0.1) is 0 Å². The molecule has 1 atom stereocenters. The molecule has 0 heterocycles. The summed E-state index contributed by atoms with van der Waals surface area (Å²) < 4.78 is 26.4. The molecule has 2 fully saturated rings. The average molecular weight is 280 g/mol. The molecule has 0 radical (unpaired) electrons. The SMILES string of the molecule is NC(CCN(CC1CC1)C1CC1)c1cc(F)cc(F)c1. The van der Waals surface area contributed by atoms with Crippen molar-refractivity contribution >= 4 is 0 Å². The van der Waals surface area contributed by atoms with Gasteiger partial charge >= 0.3 is 0 Å². The zero-order chi connectivity index (χ0) is 14.1. The molecule has 0 aromatic heterocycles. The lowest BCUT2D eigenvalue weighted by molar-refractivity contribution is 0.243. The van der Waals surface area contributed by atoms with Crippen LogP contribution in [0.2, 0.25) is 0 Å². The summed E-state index contributed by atoms with van der Waals surface area (Å²) >= 11 is 0. The van der Waals surface area contributed by atoms with Gasteiger partial charge in [0.25, 0.3) is 0 Å². The molecule has 4 heteroatoms. The van der Waals surface area contributed by atoms with Crippen molar-refractivity contribution in [2.45, 2.75) is 44.2 Å². The third-order valence-corrected chi connectivity index (χ3v) is 4.29. The molecule has 20 heavy (non-hydrogen) atoms. The summed E-state index contributed by atoms with van der Waals surface area (Å²) in [5, 5.41) is 0. The first-order valence-electron chi connectivity index (χ1n) is 7.57. The highest BCUT2D eigenvalue weighted by molar-refractivity contribution is 5.21. The van der Waals surface area contributed by atoms with E-state index in [9.17, 15) is 8.78 Å². The van der Waals surface area contributed by atoms with E-state index in [2.05, 4.69) is 4.90 Å². The Bertz CT molecular complexity index is 449. The number of nitrogens with two attached hydrogens (primary N) is 1. The highest BCUT2D eigenvalue weighted by Crippen LogP contribution is 2.35. The van der Waals surface area contributed by atoms with Gasteiger partial charge in [0.1, 0.15) is 11.6 Å². The van der Waals surface area contributed by atoms with E-state index in [0.29, 0.717) is 5.56 Å². The Morgan fingerprint density at radius 2 is 1.75 bits per heavy atom. The maximum absolute atomic E-state index is 13.2. The summed E-state index contributed by atoms with van der Waals surface area (Å²) in [6, 6.07) is 4.01. The zero-order valence-corrected chi connectivity index (χ0v) is 11.7. The van der Waals surface area contributed by atoms with Crippen molar-refractivity contribution in [3.63, 3.8) is 0 Å². The van der Waals surface area contributed by atoms with Gasteiger partial charge < -0.3 is 10.6 Å². The molecule has 2 saturated carbocycles. The molecule has 0 amide bonds. The van der Waals surface area contributed by atoms with E-state index in [0.717, 1.165) is 31.0 Å². The van der Waals surface area contributed by atoms with Gasteiger partial charge in [0.2, 0.25) is 0 Å². The largest absolute Gasteiger partial charge is 0.324 e. The van der Waals surface area contributed by atoms with Gasteiger partial charge in [-0.3, -0.25) is 0 Å². The Kier molecular flexibility index (Phi) is 4.03. The second kappa shape index (κ2) is 5.78. The molecular weight excluding hydrogens is 258 g/mol. The monoisotopic (exact) mass is 280 g/mol. The number of halogens is 2. The first-order chi connectivity index (χ1) is 9.61. The molecule has 1 aromatic rings. The van der Waals surface area contributed by atoms with Crippen LogP contribution >= 0.6 is 0 Å². The van der Waals surface area contributed by atoms with E-state index < -0.39 is 11.6 Å². The lowest BCUT2D eigenvalue weighted by Gasteiger charge is -2.23. The molecule has 2 aliphatic carbocycles. The summed E-state index contributed by atoms with van der Waals surface area (Å²) in [5.74, 6) is -0.224. The van der Waals surface area contributed by atoms with E-state index in [1.807, 2.05) is 0 Å². The summed E-state index contributed by atoms with van der Waals surface area (Å²) in [6.45, 7) is 2.11. The van der Waals surface area contributed by atoms with Crippen molar-refractivity contribution in [3.8, 4) is 0 Å². The number of rotatable bonds is 7.